The number of hydrogen-bond donors (Lipinski definition) is 2. The van der Waals surface area contributed by atoms with Gasteiger partial charge in [-0.25, -0.2) is 9.18 Å². The number of anilines is 3. The molecule has 3 aromatic rings. The van der Waals surface area contributed by atoms with Gasteiger partial charge in [0, 0.05) is 11.4 Å². The third-order valence-electron chi connectivity index (χ3n) is 4.01. The van der Waals surface area contributed by atoms with Crippen molar-refractivity contribution in [3.05, 3.63) is 89.7 Å². The molecule has 3 aromatic carbocycles. The van der Waals surface area contributed by atoms with Crippen molar-refractivity contribution in [2.24, 2.45) is 0 Å². The monoisotopic (exact) mass is 378 g/mol. The van der Waals surface area contributed by atoms with Crippen LogP contribution in [-0.2, 0) is 9.53 Å². The maximum Gasteiger partial charge on any atom is 0.340 e. The molecule has 0 saturated carbocycles. The van der Waals surface area contributed by atoms with Gasteiger partial charge >= 0.3 is 5.97 Å². The molecule has 0 spiro atoms. The first-order valence-corrected chi connectivity index (χ1v) is 8.67. The SMILES string of the molecule is Cc1ccc(F)cc1NC(=O)COC(=O)c1ccccc1Nc1ccccc1. The first-order chi connectivity index (χ1) is 13.5. The quantitative estimate of drug-likeness (QED) is 0.612. The van der Waals surface area contributed by atoms with Crippen LogP contribution in [0.3, 0.4) is 0 Å². The van der Waals surface area contributed by atoms with Gasteiger partial charge in [0.15, 0.2) is 6.61 Å². The number of amides is 1. The molecule has 0 unspecified atom stereocenters. The average molecular weight is 378 g/mol. The van der Waals surface area contributed by atoms with Crippen LogP contribution in [0.5, 0.6) is 0 Å². The molecular formula is C22H19FN2O3. The summed E-state index contributed by atoms with van der Waals surface area (Å²) < 4.78 is 18.4. The van der Waals surface area contributed by atoms with Crippen molar-refractivity contribution < 1.29 is 18.7 Å². The Morgan fingerprint density at radius 2 is 1.64 bits per heavy atom. The number of hydrogen-bond acceptors (Lipinski definition) is 4. The molecule has 2 N–H and O–H groups in total. The highest BCUT2D eigenvalue weighted by Gasteiger charge is 2.15. The van der Waals surface area contributed by atoms with E-state index in [0.717, 1.165) is 5.69 Å². The molecule has 0 bridgehead atoms. The average Bonchev–Trinajstić information content (AvgIpc) is 2.70. The van der Waals surface area contributed by atoms with E-state index >= 15 is 0 Å². The zero-order chi connectivity index (χ0) is 19.9. The Bertz CT molecular complexity index is 990. The first kappa shape index (κ1) is 19.1. The lowest BCUT2D eigenvalue weighted by molar-refractivity contribution is -0.119. The molecule has 0 aliphatic heterocycles. The summed E-state index contributed by atoms with van der Waals surface area (Å²) in [5, 5.41) is 5.69. The largest absolute Gasteiger partial charge is 0.452 e. The number of aryl methyl sites for hydroxylation is 1. The molecule has 1 amide bonds. The number of esters is 1. The number of para-hydroxylation sites is 2. The highest BCUT2D eigenvalue weighted by molar-refractivity contribution is 5.99. The fourth-order valence-electron chi connectivity index (χ4n) is 2.57. The van der Waals surface area contributed by atoms with Gasteiger partial charge in [0.2, 0.25) is 0 Å². The van der Waals surface area contributed by atoms with Gasteiger partial charge in [-0.15, -0.1) is 0 Å². The second-order valence-electron chi connectivity index (χ2n) is 6.12. The fourth-order valence-corrected chi connectivity index (χ4v) is 2.57. The van der Waals surface area contributed by atoms with E-state index in [9.17, 15) is 14.0 Å². The summed E-state index contributed by atoms with van der Waals surface area (Å²) >= 11 is 0. The predicted octanol–water partition coefficient (Wildman–Crippen LogP) is 4.67. The Hall–Kier alpha value is -3.67. The predicted molar refractivity (Wildman–Crippen MR) is 106 cm³/mol. The summed E-state index contributed by atoms with van der Waals surface area (Å²) in [5.74, 6) is -1.64. The standard InChI is InChI=1S/C22H19FN2O3/c1-15-11-12-16(23)13-20(15)25-21(26)14-28-22(27)18-9-5-6-10-19(18)24-17-7-3-2-4-8-17/h2-13,24H,14H2,1H3,(H,25,26). The Balaban J connectivity index is 1.63. The highest BCUT2D eigenvalue weighted by Crippen LogP contribution is 2.21. The number of benzene rings is 3. The van der Waals surface area contributed by atoms with Gasteiger partial charge in [-0.2, -0.15) is 0 Å². The van der Waals surface area contributed by atoms with Crippen LogP contribution in [0.2, 0.25) is 0 Å². The van der Waals surface area contributed by atoms with Crippen LogP contribution in [0.15, 0.2) is 72.8 Å². The maximum absolute atomic E-state index is 13.3. The summed E-state index contributed by atoms with van der Waals surface area (Å²) in [7, 11) is 0. The Labute approximate surface area is 162 Å². The van der Waals surface area contributed by atoms with E-state index < -0.39 is 24.3 Å². The molecule has 0 saturated heterocycles. The third kappa shape index (κ3) is 4.94. The third-order valence-corrected chi connectivity index (χ3v) is 4.01. The topological polar surface area (TPSA) is 67.4 Å². The minimum Gasteiger partial charge on any atom is -0.452 e. The molecule has 0 heterocycles. The second-order valence-corrected chi connectivity index (χ2v) is 6.12. The van der Waals surface area contributed by atoms with Crippen molar-refractivity contribution in [1.29, 1.82) is 0 Å². The summed E-state index contributed by atoms with van der Waals surface area (Å²) in [6.07, 6.45) is 0. The van der Waals surface area contributed by atoms with Crippen molar-refractivity contribution in [3.8, 4) is 0 Å². The van der Waals surface area contributed by atoms with Gasteiger partial charge in [-0.3, -0.25) is 4.79 Å². The number of carbonyl (C=O) groups excluding carboxylic acids is 2. The van der Waals surface area contributed by atoms with Crippen LogP contribution in [0, 0.1) is 12.7 Å². The van der Waals surface area contributed by atoms with Gasteiger partial charge < -0.3 is 15.4 Å². The van der Waals surface area contributed by atoms with Gasteiger partial charge in [0.05, 0.1) is 11.3 Å². The van der Waals surface area contributed by atoms with E-state index in [1.54, 1.807) is 37.3 Å². The molecule has 0 atom stereocenters. The van der Waals surface area contributed by atoms with Gasteiger partial charge in [0.1, 0.15) is 5.82 Å². The number of rotatable bonds is 6. The van der Waals surface area contributed by atoms with Crippen LogP contribution in [-0.4, -0.2) is 18.5 Å². The Morgan fingerprint density at radius 1 is 0.929 bits per heavy atom. The first-order valence-electron chi connectivity index (χ1n) is 8.67. The van der Waals surface area contributed by atoms with E-state index in [1.165, 1.54) is 12.1 Å². The molecule has 0 aliphatic rings. The van der Waals surface area contributed by atoms with Crippen molar-refractivity contribution in [2.45, 2.75) is 6.92 Å². The van der Waals surface area contributed by atoms with Crippen LogP contribution in [0.25, 0.3) is 0 Å². The molecule has 0 aliphatic carbocycles. The summed E-state index contributed by atoms with van der Waals surface area (Å²) in [5.41, 5.74) is 2.74. The van der Waals surface area contributed by atoms with Gasteiger partial charge in [0.25, 0.3) is 5.91 Å². The lowest BCUT2D eigenvalue weighted by Crippen LogP contribution is -2.21. The maximum atomic E-state index is 13.3. The molecule has 6 heteroatoms. The molecule has 5 nitrogen and oxygen atoms in total. The number of nitrogens with one attached hydrogen (secondary N) is 2. The van der Waals surface area contributed by atoms with Crippen LogP contribution >= 0.6 is 0 Å². The molecular weight excluding hydrogens is 359 g/mol. The lowest BCUT2D eigenvalue weighted by atomic mass is 10.1. The van der Waals surface area contributed by atoms with E-state index in [1.807, 2.05) is 30.3 Å². The minimum atomic E-state index is -0.634. The molecule has 3 rings (SSSR count). The smallest absolute Gasteiger partial charge is 0.340 e. The summed E-state index contributed by atoms with van der Waals surface area (Å²) in [6, 6.07) is 20.3. The molecule has 142 valence electrons. The molecule has 0 fully saturated rings. The lowest BCUT2D eigenvalue weighted by Gasteiger charge is -2.12. The van der Waals surface area contributed by atoms with Crippen LogP contribution < -0.4 is 10.6 Å². The number of ether oxygens (including phenoxy) is 1. The zero-order valence-electron chi connectivity index (χ0n) is 15.2. The van der Waals surface area contributed by atoms with Gasteiger partial charge in [-0.05, 0) is 48.9 Å². The van der Waals surface area contributed by atoms with Crippen molar-refractivity contribution in [2.75, 3.05) is 17.2 Å². The van der Waals surface area contributed by atoms with Crippen molar-refractivity contribution >= 4 is 28.9 Å². The minimum absolute atomic E-state index is 0.307. The normalized spacial score (nSPS) is 10.2. The molecule has 0 radical (unpaired) electrons. The second kappa shape index (κ2) is 8.81. The van der Waals surface area contributed by atoms with Crippen molar-refractivity contribution in [3.63, 3.8) is 0 Å². The van der Waals surface area contributed by atoms with E-state index in [2.05, 4.69) is 10.6 Å². The highest BCUT2D eigenvalue weighted by atomic mass is 19.1. The summed E-state index contributed by atoms with van der Waals surface area (Å²) in [6.45, 7) is 1.26. The number of halogens is 1. The van der Waals surface area contributed by atoms with E-state index in [0.29, 0.717) is 22.5 Å². The Morgan fingerprint density at radius 3 is 2.43 bits per heavy atom. The molecule has 0 aromatic heterocycles. The van der Waals surface area contributed by atoms with Crippen LogP contribution in [0.4, 0.5) is 21.5 Å². The van der Waals surface area contributed by atoms with E-state index in [4.69, 9.17) is 4.74 Å². The Kier molecular flexibility index (Phi) is 6.01. The van der Waals surface area contributed by atoms with Crippen molar-refractivity contribution in [1.82, 2.24) is 0 Å². The van der Waals surface area contributed by atoms with Gasteiger partial charge in [-0.1, -0.05) is 36.4 Å². The number of carbonyl (C=O) groups is 2. The molecule has 28 heavy (non-hydrogen) atoms. The van der Waals surface area contributed by atoms with Crippen LogP contribution in [0.1, 0.15) is 15.9 Å². The fraction of sp³-hybridized carbons (Fsp3) is 0.0909. The summed E-state index contributed by atoms with van der Waals surface area (Å²) in [4.78, 5) is 24.5. The van der Waals surface area contributed by atoms with E-state index in [-0.39, 0.29) is 0 Å². The zero-order valence-corrected chi connectivity index (χ0v) is 15.2.